The Bertz CT molecular complexity index is 599. The fourth-order valence-electron chi connectivity index (χ4n) is 1.34. The third-order valence-electron chi connectivity index (χ3n) is 2.22. The van der Waals surface area contributed by atoms with E-state index in [0.717, 1.165) is 11.8 Å². The van der Waals surface area contributed by atoms with E-state index in [4.69, 9.17) is 5.73 Å². The summed E-state index contributed by atoms with van der Waals surface area (Å²) in [5.41, 5.74) is 6.95. The van der Waals surface area contributed by atoms with Crippen molar-refractivity contribution in [1.29, 1.82) is 0 Å². The molecule has 0 bridgehead atoms. The SMILES string of the molecule is C=C(C)CNC(N)=NCc1ncccc1S(C)(=O)=O.I. The maximum atomic E-state index is 11.6. The number of nitrogens with zero attached hydrogens (tertiary/aromatic N) is 2. The second-order valence-corrected chi connectivity index (χ2v) is 6.22. The second-order valence-electron chi connectivity index (χ2n) is 4.23. The average molecular weight is 410 g/mol. The Labute approximate surface area is 136 Å². The molecule has 0 saturated carbocycles. The molecule has 0 aromatic carbocycles. The zero-order valence-corrected chi connectivity index (χ0v) is 14.6. The normalized spacial score (nSPS) is 11.6. The summed E-state index contributed by atoms with van der Waals surface area (Å²) in [7, 11) is -3.31. The lowest BCUT2D eigenvalue weighted by Gasteiger charge is -2.06. The summed E-state index contributed by atoms with van der Waals surface area (Å²) in [5, 5.41) is 2.86. The molecule has 112 valence electrons. The lowest BCUT2D eigenvalue weighted by atomic mass is 10.3. The fourth-order valence-corrected chi connectivity index (χ4v) is 2.21. The summed E-state index contributed by atoms with van der Waals surface area (Å²) < 4.78 is 23.1. The van der Waals surface area contributed by atoms with E-state index in [1.165, 1.54) is 12.3 Å². The molecule has 20 heavy (non-hydrogen) atoms. The first kappa shape index (κ1) is 18.8. The van der Waals surface area contributed by atoms with E-state index in [2.05, 4.69) is 21.9 Å². The lowest BCUT2D eigenvalue weighted by Crippen LogP contribution is -2.32. The topological polar surface area (TPSA) is 97.4 Å². The van der Waals surface area contributed by atoms with Crippen LogP contribution in [-0.2, 0) is 16.4 Å². The minimum atomic E-state index is -3.31. The van der Waals surface area contributed by atoms with Crippen LogP contribution in [0.5, 0.6) is 0 Å². The first-order valence-corrected chi connectivity index (χ1v) is 7.52. The predicted octanol–water partition coefficient (Wildman–Crippen LogP) is 1.08. The Kier molecular flexibility index (Phi) is 7.72. The van der Waals surface area contributed by atoms with Crippen LogP contribution in [0.1, 0.15) is 12.6 Å². The second kappa shape index (κ2) is 8.20. The Morgan fingerprint density at radius 3 is 2.75 bits per heavy atom. The van der Waals surface area contributed by atoms with Crippen LogP contribution in [0, 0.1) is 0 Å². The first-order valence-electron chi connectivity index (χ1n) is 5.63. The first-order chi connectivity index (χ1) is 8.80. The van der Waals surface area contributed by atoms with Gasteiger partial charge in [-0.1, -0.05) is 12.2 Å². The standard InChI is InChI=1S/C12H18N4O2S.HI/c1-9(2)7-15-12(13)16-8-10-11(19(3,17)18)5-4-6-14-10;/h4-6H,1,7-8H2,2-3H3,(H3,13,15,16);1H. The molecular weight excluding hydrogens is 391 g/mol. The van der Waals surface area contributed by atoms with Crippen molar-refractivity contribution in [3.63, 3.8) is 0 Å². The Hall–Kier alpha value is -1.16. The van der Waals surface area contributed by atoms with Crippen LogP contribution in [0.2, 0.25) is 0 Å². The van der Waals surface area contributed by atoms with Crippen molar-refractivity contribution in [2.24, 2.45) is 10.7 Å². The Morgan fingerprint density at radius 1 is 1.55 bits per heavy atom. The van der Waals surface area contributed by atoms with Gasteiger partial charge in [-0.25, -0.2) is 13.4 Å². The van der Waals surface area contributed by atoms with Crippen molar-refractivity contribution in [3.8, 4) is 0 Å². The molecule has 0 aliphatic carbocycles. The molecule has 1 aromatic heterocycles. The molecule has 1 heterocycles. The van der Waals surface area contributed by atoms with Crippen LogP contribution in [-0.4, -0.2) is 32.2 Å². The number of nitrogens with two attached hydrogens (primary N) is 1. The van der Waals surface area contributed by atoms with Gasteiger partial charge in [-0.15, -0.1) is 24.0 Å². The molecule has 0 atom stereocenters. The summed E-state index contributed by atoms with van der Waals surface area (Å²) in [4.78, 5) is 8.25. The molecule has 0 unspecified atom stereocenters. The van der Waals surface area contributed by atoms with Crippen molar-refractivity contribution in [1.82, 2.24) is 10.3 Å². The minimum absolute atomic E-state index is 0. The molecule has 0 fully saturated rings. The number of hydrogen-bond acceptors (Lipinski definition) is 4. The maximum absolute atomic E-state index is 11.6. The van der Waals surface area contributed by atoms with Crippen molar-refractivity contribution < 1.29 is 8.42 Å². The largest absolute Gasteiger partial charge is 0.370 e. The van der Waals surface area contributed by atoms with Gasteiger partial charge in [0, 0.05) is 19.0 Å². The van der Waals surface area contributed by atoms with Gasteiger partial charge in [-0.05, 0) is 19.1 Å². The quantitative estimate of drug-likeness (QED) is 0.328. The van der Waals surface area contributed by atoms with Crippen molar-refractivity contribution >= 4 is 39.8 Å². The van der Waals surface area contributed by atoms with E-state index in [0.29, 0.717) is 12.2 Å². The highest BCUT2D eigenvalue weighted by Gasteiger charge is 2.13. The molecule has 0 aliphatic rings. The number of rotatable bonds is 5. The van der Waals surface area contributed by atoms with Crippen LogP contribution in [0.15, 0.2) is 40.4 Å². The fraction of sp³-hybridized carbons (Fsp3) is 0.333. The van der Waals surface area contributed by atoms with Gasteiger partial charge in [-0.3, -0.25) is 4.98 Å². The van der Waals surface area contributed by atoms with Gasteiger partial charge in [0.25, 0.3) is 0 Å². The van der Waals surface area contributed by atoms with Gasteiger partial charge >= 0.3 is 0 Å². The van der Waals surface area contributed by atoms with Crippen molar-refractivity contribution in [3.05, 3.63) is 36.2 Å². The summed E-state index contributed by atoms with van der Waals surface area (Å²) >= 11 is 0. The number of aromatic nitrogens is 1. The monoisotopic (exact) mass is 410 g/mol. The van der Waals surface area contributed by atoms with Crippen molar-refractivity contribution in [2.45, 2.75) is 18.4 Å². The van der Waals surface area contributed by atoms with E-state index >= 15 is 0 Å². The van der Waals surface area contributed by atoms with Crippen molar-refractivity contribution in [2.75, 3.05) is 12.8 Å². The molecule has 0 aliphatic heterocycles. The third kappa shape index (κ3) is 6.33. The number of pyridine rings is 1. The minimum Gasteiger partial charge on any atom is -0.370 e. The summed E-state index contributed by atoms with van der Waals surface area (Å²) in [6.45, 7) is 6.22. The Balaban J connectivity index is 0.00000361. The molecule has 6 nitrogen and oxygen atoms in total. The molecular formula is C12H19IN4O2S. The van der Waals surface area contributed by atoms with Crippen LogP contribution in [0.25, 0.3) is 0 Å². The average Bonchev–Trinajstić information content (AvgIpc) is 2.33. The number of guanidine groups is 1. The van der Waals surface area contributed by atoms with E-state index in [1.54, 1.807) is 6.07 Å². The zero-order chi connectivity index (χ0) is 14.5. The predicted molar refractivity (Wildman–Crippen MR) is 90.9 cm³/mol. The smallest absolute Gasteiger partial charge is 0.189 e. The number of nitrogens with one attached hydrogen (secondary N) is 1. The third-order valence-corrected chi connectivity index (χ3v) is 3.39. The van der Waals surface area contributed by atoms with Crippen LogP contribution < -0.4 is 11.1 Å². The summed E-state index contributed by atoms with van der Waals surface area (Å²) in [5.74, 6) is 0.230. The highest BCUT2D eigenvalue weighted by Crippen LogP contribution is 2.13. The van der Waals surface area contributed by atoms with Gasteiger partial charge in [0.2, 0.25) is 0 Å². The van der Waals surface area contributed by atoms with Gasteiger partial charge in [-0.2, -0.15) is 0 Å². The van der Waals surface area contributed by atoms with Gasteiger partial charge in [0.15, 0.2) is 15.8 Å². The molecule has 0 saturated heterocycles. The molecule has 0 spiro atoms. The molecule has 1 rings (SSSR count). The lowest BCUT2D eigenvalue weighted by molar-refractivity contribution is 0.600. The number of halogens is 1. The molecule has 8 heteroatoms. The van der Waals surface area contributed by atoms with Gasteiger partial charge in [0.05, 0.1) is 17.1 Å². The summed E-state index contributed by atoms with van der Waals surface area (Å²) in [6.07, 6.45) is 2.66. The van der Waals surface area contributed by atoms with Crippen LogP contribution in [0.4, 0.5) is 0 Å². The number of aliphatic imine (C=N–C) groups is 1. The highest BCUT2D eigenvalue weighted by atomic mass is 127. The molecule has 0 radical (unpaired) electrons. The van der Waals surface area contributed by atoms with Crippen LogP contribution >= 0.6 is 24.0 Å². The van der Waals surface area contributed by atoms with E-state index in [-0.39, 0.29) is 41.4 Å². The maximum Gasteiger partial charge on any atom is 0.189 e. The number of sulfone groups is 1. The zero-order valence-electron chi connectivity index (χ0n) is 11.5. The van der Waals surface area contributed by atoms with E-state index in [9.17, 15) is 8.42 Å². The van der Waals surface area contributed by atoms with Gasteiger partial charge < -0.3 is 11.1 Å². The summed E-state index contributed by atoms with van der Waals surface area (Å²) in [6, 6.07) is 3.08. The van der Waals surface area contributed by atoms with E-state index < -0.39 is 9.84 Å². The Morgan fingerprint density at radius 2 is 2.20 bits per heavy atom. The number of hydrogen-bond donors (Lipinski definition) is 2. The molecule has 3 N–H and O–H groups in total. The molecule has 0 amide bonds. The molecule has 1 aromatic rings. The van der Waals surface area contributed by atoms with Crippen LogP contribution in [0.3, 0.4) is 0 Å². The van der Waals surface area contributed by atoms with Gasteiger partial charge in [0.1, 0.15) is 0 Å². The highest BCUT2D eigenvalue weighted by molar-refractivity contribution is 14.0. The van der Waals surface area contributed by atoms with E-state index in [1.807, 2.05) is 6.92 Å².